The van der Waals surface area contributed by atoms with Crippen molar-refractivity contribution in [1.82, 2.24) is 25.2 Å². The van der Waals surface area contributed by atoms with E-state index in [1.54, 1.807) is 19.2 Å². The summed E-state index contributed by atoms with van der Waals surface area (Å²) in [5.41, 5.74) is 0.775. The van der Waals surface area contributed by atoms with Gasteiger partial charge in [0.2, 0.25) is 0 Å². The highest BCUT2D eigenvalue weighted by molar-refractivity contribution is 5.92. The predicted molar refractivity (Wildman–Crippen MR) is 75.3 cm³/mol. The van der Waals surface area contributed by atoms with Gasteiger partial charge in [-0.25, -0.2) is 14.3 Å². The molecule has 0 aliphatic heterocycles. The molecular formula is C12H16N6O3. The fourth-order valence-corrected chi connectivity index (χ4v) is 1.60. The molecule has 3 amide bonds. The molecule has 0 saturated heterocycles. The summed E-state index contributed by atoms with van der Waals surface area (Å²) < 4.78 is 6.28. The summed E-state index contributed by atoms with van der Waals surface area (Å²) in [4.78, 5) is 27.2. The fourth-order valence-electron chi connectivity index (χ4n) is 1.60. The number of hydrogen-bond donors (Lipinski definition) is 3. The monoisotopic (exact) mass is 292 g/mol. The molecule has 2 heterocycles. The summed E-state index contributed by atoms with van der Waals surface area (Å²) in [7, 11) is 3.06. The first-order valence-electron chi connectivity index (χ1n) is 6.26. The minimum atomic E-state index is -0.379. The van der Waals surface area contributed by atoms with E-state index in [4.69, 9.17) is 4.74 Å². The van der Waals surface area contributed by atoms with E-state index in [2.05, 4.69) is 26.0 Å². The molecule has 2 aromatic heterocycles. The molecule has 2 aromatic rings. The lowest BCUT2D eigenvalue weighted by Gasteiger charge is -2.03. The molecule has 0 unspecified atom stereocenters. The molecule has 0 atom stereocenters. The van der Waals surface area contributed by atoms with Crippen LogP contribution in [0.1, 0.15) is 10.5 Å². The molecule has 0 radical (unpaired) electrons. The Morgan fingerprint density at radius 2 is 2.19 bits per heavy atom. The van der Waals surface area contributed by atoms with Crippen LogP contribution in [0.5, 0.6) is 0 Å². The van der Waals surface area contributed by atoms with Crippen LogP contribution in [0.2, 0.25) is 0 Å². The number of urea groups is 1. The first-order chi connectivity index (χ1) is 10.1. The van der Waals surface area contributed by atoms with Gasteiger partial charge in [0, 0.05) is 20.7 Å². The van der Waals surface area contributed by atoms with Crippen LogP contribution in [0, 0.1) is 0 Å². The van der Waals surface area contributed by atoms with Gasteiger partial charge in [0.05, 0.1) is 12.8 Å². The van der Waals surface area contributed by atoms with Gasteiger partial charge in [-0.05, 0) is 12.1 Å². The highest BCUT2D eigenvalue weighted by Gasteiger charge is 2.10. The maximum atomic E-state index is 11.9. The number of amides is 3. The predicted octanol–water partition coefficient (Wildman–Crippen LogP) is -0.143. The third-order valence-electron chi connectivity index (χ3n) is 2.61. The van der Waals surface area contributed by atoms with Crippen molar-refractivity contribution in [2.75, 3.05) is 32.6 Å². The number of methoxy groups -OCH3 is 1. The number of fused-ring (bicyclic) bond motifs is 1. The van der Waals surface area contributed by atoms with E-state index < -0.39 is 0 Å². The minimum Gasteiger partial charge on any atom is -0.383 e. The maximum Gasteiger partial charge on any atom is 0.320 e. The van der Waals surface area contributed by atoms with Crippen molar-refractivity contribution in [3.63, 3.8) is 0 Å². The summed E-state index contributed by atoms with van der Waals surface area (Å²) in [5, 5.41) is 11.8. The smallest absolute Gasteiger partial charge is 0.320 e. The minimum absolute atomic E-state index is 0.252. The molecule has 21 heavy (non-hydrogen) atoms. The third-order valence-corrected chi connectivity index (χ3v) is 2.61. The molecule has 9 nitrogen and oxygen atoms in total. The van der Waals surface area contributed by atoms with Crippen molar-refractivity contribution in [2.45, 2.75) is 0 Å². The van der Waals surface area contributed by atoms with Crippen molar-refractivity contribution < 1.29 is 14.3 Å². The normalized spacial score (nSPS) is 10.4. The van der Waals surface area contributed by atoms with Crippen LogP contribution in [-0.2, 0) is 4.74 Å². The molecule has 0 aliphatic rings. The number of nitrogens with zero attached hydrogens (tertiary/aromatic N) is 3. The zero-order valence-electron chi connectivity index (χ0n) is 11.7. The summed E-state index contributed by atoms with van der Waals surface area (Å²) >= 11 is 0. The quantitative estimate of drug-likeness (QED) is 0.664. The lowest BCUT2D eigenvalue weighted by Crippen LogP contribution is -2.28. The molecule has 0 saturated carbocycles. The van der Waals surface area contributed by atoms with Crippen molar-refractivity contribution in [1.29, 1.82) is 0 Å². The molecule has 3 N–H and O–H groups in total. The van der Waals surface area contributed by atoms with E-state index in [1.165, 1.54) is 17.8 Å². The second-order valence-electron chi connectivity index (χ2n) is 4.10. The number of nitrogens with one attached hydrogen (secondary N) is 3. The molecule has 0 aliphatic carbocycles. The Labute approximate surface area is 120 Å². The molecule has 112 valence electrons. The van der Waals surface area contributed by atoms with Crippen molar-refractivity contribution in [3.05, 3.63) is 24.0 Å². The zero-order valence-corrected chi connectivity index (χ0v) is 11.7. The van der Waals surface area contributed by atoms with Gasteiger partial charge in [-0.3, -0.25) is 10.1 Å². The number of hydrogen-bond acceptors (Lipinski definition) is 5. The van der Waals surface area contributed by atoms with Crippen LogP contribution in [0.25, 0.3) is 5.65 Å². The van der Waals surface area contributed by atoms with Gasteiger partial charge >= 0.3 is 6.03 Å². The van der Waals surface area contributed by atoms with Crippen LogP contribution in [0.15, 0.2) is 18.3 Å². The molecular weight excluding hydrogens is 276 g/mol. The van der Waals surface area contributed by atoms with Gasteiger partial charge in [0.1, 0.15) is 5.69 Å². The number of imidazole rings is 1. The lowest BCUT2D eigenvalue weighted by molar-refractivity contribution is 0.0931. The number of aromatic nitrogens is 3. The lowest BCUT2D eigenvalue weighted by atomic mass is 10.3. The number of ether oxygens (including phenoxy) is 1. The summed E-state index contributed by atoms with van der Waals surface area (Å²) in [6.45, 7) is 0.835. The second kappa shape index (κ2) is 6.66. The number of anilines is 1. The zero-order chi connectivity index (χ0) is 15.2. The van der Waals surface area contributed by atoms with E-state index in [-0.39, 0.29) is 17.6 Å². The summed E-state index contributed by atoms with van der Waals surface area (Å²) in [5.74, 6) is 0.0438. The van der Waals surface area contributed by atoms with E-state index in [0.29, 0.717) is 24.6 Å². The van der Waals surface area contributed by atoms with Crippen LogP contribution >= 0.6 is 0 Å². The van der Waals surface area contributed by atoms with Crippen molar-refractivity contribution >= 4 is 23.4 Å². The van der Waals surface area contributed by atoms with Crippen LogP contribution in [-0.4, -0.2) is 53.8 Å². The summed E-state index contributed by atoms with van der Waals surface area (Å²) in [6, 6.07) is 2.83. The number of carbonyl (C=O) groups is 2. The van der Waals surface area contributed by atoms with Gasteiger partial charge in [0.15, 0.2) is 11.5 Å². The Balaban J connectivity index is 2.13. The Bertz CT molecular complexity index is 653. The Morgan fingerprint density at radius 1 is 1.38 bits per heavy atom. The Kier molecular flexibility index (Phi) is 4.67. The number of carbonyl (C=O) groups excluding carboxylic acids is 2. The highest BCUT2D eigenvalue weighted by atomic mass is 16.5. The topological polar surface area (TPSA) is 110 Å². The average Bonchev–Trinajstić information content (AvgIpc) is 2.88. The molecule has 0 fully saturated rings. The van der Waals surface area contributed by atoms with E-state index in [0.717, 1.165) is 0 Å². The Morgan fingerprint density at radius 3 is 2.90 bits per heavy atom. The van der Waals surface area contributed by atoms with Gasteiger partial charge in [0.25, 0.3) is 5.91 Å². The van der Waals surface area contributed by atoms with E-state index in [1.807, 2.05) is 0 Å². The summed E-state index contributed by atoms with van der Waals surface area (Å²) in [6.07, 6.45) is 1.52. The standard InChI is InChI=1S/C12H16N6O3/c1-13-12(20)16-9-7-18-10(15-9)4-3-8(17-18)11(19)14-5-6-21-2/h3-4,7H,5-6H2,1-2H3,(H,14,19)(H2,13,16,20). The van der Waals surface area contributed by atoms with Gasteiger partial charge < -0.3 is 15.4 Å². The second-order valence-corrected chi connectivity index (χ2v) is 4.10. The van der Waals surface area contributed by atoms with Crippen molar-refractivity contribution in [3.8, 4) is 0 Å². The molecule has 2 rings (SSSR count). The first kappa shape index (κ1) is 14.7. The third kappa shape index (κ3) is 3.66. The molecule has 0 bridgehead atoms. The first-order valence-corrected chi connectivity index (χ1v) is 6.26. The fraction of sp³-hybridized carbons (Fsp3) is 0.333. The molecule has 9 heteroatoms. The largest absolute Gasteiger partial charge is 0.383 e. The van der Waals surface area contributed by atoms with Crippen LogP contribution in [0.4, 0.5) is 10.6 Å². The molecule has 0 spiro atoms. The van der Waals surface area contributed by atoms with Gasteiger partial charge in [-0.15, -0.1) is 0 Å². The van der Waals surface area contributed by atoms with Gasteiger partial charge in [-0.1, -0.05) is 0 Å². The highest BCUT2D eigenvalue weighted by Crippen LogP contribution is 2.08. The average molecular weight is 292 g/mol. The van der Waals surface area contributed by atoms with E-state index >= 15 is 0 Å². The SMILES string of the molecule is CNC(=O)Nc1cn2nc(C(=O)NCCOC)ccc2n1. The maximum absolute atomic E-state index is 11.9. The van der Waals surface area contributed by atoms with E-state index in [9.17, 15) is 9.59 Å². The van der Waals surface area contributed by atoms with Crippen molar-refractivity contribution in [2.24, 2.45) is 0 Å². The number of rotatable bonds is 5. The van der Waals surface area contributed by atoms with Crippen LogP contribution in [0.3, 0.4) is 0 Å². The Hall–Kier alpha value is -2.68. The van der Waals surface area contributed by atoms with Crippen LogP contribution < -0.4 is 16.0 Å². The molecule has 0 aromatic carbocycles. The van der Waals surface area contributed by atoms with Gasteiger partial charge in [-0.2, -0.15) is 5.10 Å².